The van der Waals surface area contributed by atoms with E-state index in [1.165, 1.54) is 0 Å². The zero-order valence-electron chi connectivity index (χ0n) is 9.51. The fourth-order valence-electron chi connectivity index (χ4n) is 2.25. The molecular weight excluding hydrogens is 230 g/mol. The van der Waals surface area contributed by atoms with E-state index in [1.54, 1.807) is 12.1 Å². The van der Waals surface area contributed by atoms with Crippen LogP contribution in [0.15, 0.2) is 54.6 Å². The van der Waals surface area contributed by atoms with Crippen molar-refractivity contribution in [1.29, 1.82) is 0 Å². The van der Waals surface area contributed by atoms with Crippen LogP contribution in [0.25, 0.3) is 21.5 Å². The Morgan fingerprint density at radius 2 is 1.56 bits per heavy atom. The van der Waals surface area contributed by atoms with Gasteiger partial charge in [-0.15, -0.1) is 0 Å². The average molecular weight is 240 g/mol. The first kappa shape index (κ1) is 11.2. The van der Waals surface area contributed by atoms with E-state index in [-0.39, 0.29) is 0 Å². The number of rotatable bonds is 2. The zero-order valence-corrected chi connectivity index (χ0v) is 9.51. The van der Waals surface area contributed by atoms with Gasteiger partial charge in [0.2, 0.25) is 0 Å². The molecule has 0 spiro atoms. The Balaban J connectivity index is 2.36. The van der Waals surface area contributed by atoms with E-state index >= 15 is 0 Å². The smallest absolute Gasteiger partial charge is 0.421 e. The van der Waals surface area contributed by atoms with Crippen LogP contribution in [0, 0.1) is 0 Å². The van der Waals surface area contributed by atoms with Crippen LogP contribution in [-0.2, 0) is 4.86 Å². The quantitative estimate of drug-likeness (QED) is 0.551. The summed E-state index contributed by atoms with van der Waals surface area (Å²) in [6, 6.07) is 17.2. The minimum atomic E-state index is -1.55. The fourth-order valence-corrected chi connectivity index (χ4v) is 2.25. The molecule has 4 heteroatoms. The summed E-state index contributed by atoms with van der Waals surface area (Å²) in [6.45, 7) is 0. The van der Waals surface area contributed by atoms with Gasteiger partial charge in [0, 0.05) is 0 Å². The molecule has 18 heavy (non-hydrogen) atoms. The van der Waals surface area contributed by atoms with E-state index < -0.39 is 7.12 Å². The minimum absolute atomic E-state index is 0.431. The number of hydrogen-bond acceptors (Lipinski definition) is 2. The van der Waals surface area contributed by atoms with Crippen molar-refractivity contribution >= 4 is 34.1 Å². The van der Waals surface area contributed by atoms with Crippen LogP contribution < -0.4 is 5.46 Å². The van der Waals surface area contributed by atoms with Gasteiger partial charge in [0.05, 0.1) is 0 Å². The monoisotopic (exact) mass is 240 g/mol. The summed E-state index contributed by atoms with van der Waals surface area (Å²) < 4.78 is 12.2. The number of hydrogen-bond donors (Lipinski definition) is 1. The standard InChI is InChI=1S/C14H10BFO2/c16-18-15(17)14-7-3-6-12-8-10-4-1-2-5-11(10)9-13(12)14/h1-9,17H. The topological polar surface area (TPSA) is 29.5 Å². The maximum absolute atomic E-state index is 12.2. The van der Waals surface area contributed by atoms with E-state index in [1.807, 2.05) is 42.5 Å². The van der Waals surface area contributed by atoms with Gasteiger partial charge >= 0.3 is 7.12 Å². The zero-order chi connectivity index (χ0) is 12.5. The molecule has 0 aliphatic carbocycles. The van der Waals surface area contributed by atoms with Crippen molar-refractivity contribution in [2.75, 3.05) is 0 Å². The van der Waals surface area contributed by atoms with Crippen molar-refractivity contribution < 1.29 is 14.4 Å². The normalized spacial score (nSPS) is 11.0. The van der Waals surface area contributed by atoms with Crippen molar-refractivity contribution in [2.24, 2.45) is 0 Å². The van der Waals surface area contributed by atoms with Gasteiger partial charge in [0.25, 0.3) is 0 Å². The molecule has 0 heterocycles. The lowest BCUT2D eigenvalue weighted by Gasteiger charge is -2.08. The van der Waals surface area contributed by atoms with Crippen molar-refractivity contribution in [1.82, 2.24) is 0 Å². The molecule has 3 aromatic rings. The molecule has 0 amide bonds. The van der Waals surface area contributed by atoms with E-state index in [0.717, 1.165) is 21.5 Å². The van der Waals surface area contributed by atoms with Crippen LogP contribution in [0.1, 0.15) is 0 Å². The van der Waals surface area contributed by atoms with E-state index in [0.29, 0.717) is 5.46 Å². The van der Waals surface area contributed by atoms with Crippen LogP contribution in [0.3, 0.4) is 0 Å². The van der Waals surface area contributed by atoms with Crippen molar-refractivity contribution in [2.45, 2.75) is 0 Å². The Kier molecular flexibility index (Phi) is 2.74. The average Bonchev–Trinajstić information content (AvgIpc) is 2.43. The molecule has 0 radical (unpaired) electrons. The molecule has 0 unspecified atom stereocenters. The maximum atomic E-state index is 12.2. The second-order valence-electron chi connectivity index (χ2n) is 4.21. The highest BCUT2D eigenvalue weighted by atomic mass is 19.3. The van der Waals surface area contributed by atoms with E-state index in [9.17, 15) is 9.55 Å². The second-order valence-corrected chi connectivity index (χ2v) is 4.21. The molecule has 1 N–H and O–H groups in total. The first-order chi connectivity index (χ1) is 8.79. The maximum Gasteiger partial charge on any atom is 0.530 e. The van der Waals surface area contributed by atoms with Gasteiger partial charge in [0.15, 0.2) is 0 Å². The minimum Gasteiger partial charge on any atom is -0.421 e. The molecule has 3 aromatic carbocycles. The second kappa shape index (κ2) is 4.40. The SMILES string of the molecule is OB(OF)c1cccc2cc3ccccc3cc12. The number of benzene rings is 3. The van der Waals surface area contributed by atoms with Gasteiger partial charge in [-0.05, 0) is 39.1 Å². The van der Waals surface area contributed by atoms with Crippen LogP contribution in [0.2, 0.25) is 0 Å². The third kappa shape index (κ3) is 1.76. The molecule has 0 saturated carbocycles. The first-order valence-corrected chi connectivity index (χ1v) is 5.66. The summed E-state index contributed by atoms with van der Waals surface area (Å²) >= 11 is 0. The molecule has 88 valence electrons. The lowest BCUT2D eigenvalue weighted by molar-refractivity contribution is -0.0266. The third-order valence-corrected chi connectivity index (χ3v) is 3.13. The van der Waals surface area contributed by atoms with Crippen LogP contribution >= 0.6 is 0 Å². The Morgan fingerprint density at radius 3 is 2.28 bits per heavy atom. The molecule has 0 aliphatic heterocycles. The van der Waals surface area contributed by atoms with Crippen LogP contribution in [-0.4, -0.2) is 12.1 Å². The molecule has 0 fully saturated rings. The van der Waals surface area contributed by atoms with Crippen LogP contribution in [0.5, 0.6) is 0 Å². The van der Waals surface area contributed by atoms with Gasteiger partial charge in [-0.2, -0.15) is 0 Å². The van der Waals surface area contributed by atoms with E-state index in [4.69, 9.17) is 0 Å². The number of fused-ring (bicyclic) bond motifs is 2. The summed E-state index contributed by atoms with van der Waals surface area (Å²) in [5, 5.41) is 13.4. The number of halogens is 1. The van der Waals surface area contributed by atoms with Crippen molar-refractivity contribution in [3.05, 3.63) is 54.6 Å². The molecular formula is C14H10BFO2. The lowest BCUT2D eigenvalue weighted by atomic mass is 9.77. The first-order valence-electron chi connectivity index (χ1n) is 5.66. The molecule has 0 aliphatic rings. The predicted octanol–water partition coefficient (Wildman–Crippen LogP) is 2.58. The summed E-state index contributed by atoms with van der Waals surface area (Å²) in [5.41, 5.74) is 0.431. The van der Waals surface area contributed by atoms with Crippen molar-refractivity contribution in [3.63, 3.8) is 0 Å². The summed E-state index contributed by atoms with van der Waals surface area (Å²) in [6.07, 6.45) is 0. The summed E-state index contributed by atoms with van der Waals surface area (Å²) in [7, 11) is -1.55. The Bertz CT molecular complexity index is 714. The van der Waals surface area contributed by atoms with Gasteiger partial charge in [-0.3, -0.25) is 0 Å². The molecule has 0 atom stereocenters. The Labute approximate surface area is 104 Å². The predicted molar refractivity (Wildman–Crippen MR) is 71.3 cm³/mol. The third-order valence-electron chi connectivity index (χ3n) is 3.13. The van der Waals surface area contributed by atoms with Gasteiger partial charge in [-0.25, -0.2) is 4.86 Å². The molecule has 0 aromatic heterocycles. The van der Waals surface area contributed by atoms with Crippen LogP contribution in [0.4, 0.5) is 4.53 Å². The summed E-state index contributed by atoms with van der Waals surface area (Å²) in [5.74, 6) is 0. The highest BCUT2D eigenvalue weighted by molar-refractivity contribution is 6.63. The van der Waals surface area contributed by atoms with Gasteiger partial charge < -0.3 is 5.02 Å². The summed E-state index contributed by atoms with van der Waals surface area (Å²) in [4.78, 5) is 3.51. The van der Waals surface area contributed by atoms with Gasteiger partial charge in [0.1, 0.15) is 0 Å². The van der Waals surface area contributed by atoms with Crippen molar-refractivity contribution in [3.8, 4) is 0 Å². The van der Waals surface area contributed by atoms with Gasteiger partial charge in [-0.1, -0.05) is 47.0 Å². The highest BCUT2D eigenvalue weighted by Crippen LogP contribution is 2.21. The molecule has 0 saturated heterocycles. The molecule has 0 bridgehead atoms. The highest BCUT2D eigenvalue weighted by Gasteiger charge is 2.20. The largest absolute Gasteiger partial charge is 0.530 e. The Hall–Kier alpha value is -1.91. The Morgan fingerprint density at radius 1 is 0.889 bits per heavy atom. The van der Waals surface area contributed by atoms with E-state index in [2.05, 4.69) is 4.86 Å². The lowest BCUT2D eigenvalue weighted by Crippen LogP contribution is -2.31. The fraction of sp³-hybridized carbons (Fsp3) is 0. The molecule has 2 nitrogen and oxygen atoms in total. The molecule has 3 rings (SSSR count).